The number of pyridine rings is 2. The number of amides is 1. The molecule has 0 radical (unpaired) electrons. The zero-order chi connectivity index (χ0) is 17.6. The van der Waals surface area contributed by atoms with Crippen molar-refractivity contribution in [3.05, 3.63) is 54.0 Å². The molecule has 1 fully saturated rings. The SMILES string of the molecule is Cc1ccncc1-c1ccc2c(F)c(NC(=O)C3CC3)nc(F)c2c1. The molecule has 1 N–H and O–H groups in total. The van der Waals surface area contributed by atoms with Gasteiger partial charge in [0.05, 0.1) is 0 Å². The number of aryl methyl sites for hydroxylation is 1. The second kappa shape index (κ2) is 5.88. The van der Waals surface area contributed by atoms with Crippen LogP contribution in [0.4, 0.5) is 14.6 Å². The molecule has 2 heterocycles. The third-order valence-electron chi connectivity index (χ3n) is 4.44. The minimum absolute atomic E-state index is 0.0719. The molecular formula is C19H15F2N3O. The Morgan fingerprint density at radius 3 is 2.72 bits per heavy atom. The number of benzene rings is 1. The van der Waals surface area contributed by atoms with Gasteiger partial charge in [-0.25, -0.2) is 4.39 Å². The molecule has 0 spiro atoms. The van der Waals surface area contributed by atoms with Gasteiger partial charge < -0.3 is 5.32 Å². The van der Waals surface area contributed by atoms with Crippen LogP contribution in [0.5, 0.6) is 0 Å². The summed E-state index contributed by atoms with van der Waals surface area (Å²) in [5.74, 6) is -2.32. The Morgan fingerprint density at radius 1 is 1.20 bits per heavy atom. The van der Waals surface area contributed by atoms with E-state index in [0.29, 0.717) is 0 Å². The molecule has 1 aliphatic carbocycles. The summed E-state index contributed by atoms with van der Waals surface area (Å²) in [6.07, 6.45) is 4.91. The van der Waals surface area contributed by atoms with Crippen molar-refractivity contribution in [2.75, 3.05) is 5.32 Å². The molecule has 25 heavy (non-hydrogen) atoms. The van der Waals surface area contributed by atoms with Crippen molar-refractivity contribution in [3.8, 4) is 11.1 Å². The number of aromatic nitrogens is 2. The fourth-order valence-corrected chi connectivity index (χ4v) is 2.82. The first-order valence-corrected chi connectivity index (χ1v) is 8.05. The van der Waals surface area contributed by atoms with Crippen LogP contribution in [0.1, 0.15) is 18.4 Å². The van der Waals surface area contributed by atoms with E-state index < -0.39 is 11.8 Å². The van der Waals surface area contributed by atoms with Gasteiger partial charge in [-0.3, -0.25) is 9.78 Å². The summed E-state index contributed by atoms with van der Waals surface area (Å²) < 4.78 is 29.1. The number of hydrogen-bond acceptors (Lipinski definition) is 3. The Balaban J connectivity index is 1.80. The van der Waals surface area contributed by atoms with E-state index >= 15 is 0 Å². The third-order valence-corrected chi connectivity index (χ3v) is 4.44. The van der Waals surface area contributed by atoms with Gasteiger partial charge in [0, 0.05) is 34.6 Å². The Labute approximate surface area is 142 Å². The highest BCUT2D eigenvalue weighted by molar-refractivity contribution is 5.96. The predicted molar refractivity (Wildman–Crippen MR) is 91.0 cm³/mol. The number of nitrogens with one attached hydrogen (secondary N) is 1. The maximum Gasteiger partial charge on any atom is 0.228 e. The zero-order valence-corrected chi connectivity index (χ0v) is 13.5. The number of fused-ring (bicyclic) bond motifs is 1. The van der Waals surface area contributed by atoms with Gasteiger partial charge in [0.1, 0.15) is 0 Å². The molecule has 1 saturated carbocycles. The van der Waals surface area contributed by atoms with Gasteiger partial charge in [-0.15, -0.1) is 0 Å². The number of anilines is 1. The van der Waals surface area contributed by atoms with Crippen LogP contribution in [-0.2, 0) is 4.79 Å². The number of hydrogen-bond donors (Lipinski definition) is 1. The fourth-order valence-electron chi connectivity index (χ4n) is 2.82. The Kier molecular flexibility index (Phi) is 3.67. The van der Waals surface area contributed by atoms with Gasteiger partial charge in [-0.1, -0.05) is 12.1 Å². The molecule has 0 bridgehead atoms. The lowest BCUT2D eigenvalue weighted by atomic mass is 10.00. The van der Waals surface area contributed by atoms with Gasteiger partial charge in [0.15, 0.2) is 11.6 Å². The minimum atomic E-state index is -0.814. The molecule has 4 nitrogen and oxygen atoms in total. The molecule has 6 heteroatoms. The third kappa shape index (κ3) is 2.84. The zero-order valence-electron chi connectivity index (χ0n) is 13.5. The van der Waals surface area contributed by atoms with Crippen molar-refractivity contribution in [1.82, 2.24) is 9.97 Å². The van der Waals surface area contributed by atoms with Crippen LogP contribution >= 0.6 is 0 Å². The summed E-state index contributed by atoms with van der Waals surface area (Å²) >= 11 is 0. The summed E-state index contributed by atoms with van der Waals surface area (Å²) in [4.78, 5) is 19.5. The van der Waals surface area contributed by atoms with Crippen LogP contribution < -0.4 is 5.32 Å². The van der Waals surface area contributed by atoms with Gasteiger partial charge >= 0.3 is 0 Å². The second-order valence-corrected chi connectivity index (χ2v) is 6.28. The number of carbonyl (C=O) groups excluding carboxylic acids is 1. The molecule has 1 amide bonds. The van der Waals surface area contributed by atoms with Crippen LogP contribution in [0.15, 0.2) is 36.7 Å². The highest BCUT2D eigenvalue weighted by Crippen LogP contribution is 2.33. The van der Waals surface area contributed by atoms with Gasteiger partial charge in [0.2, 0.25) is 11.9 Å². The molecule has 0 aliphatic heterocycles. The summed E-state index contributed by atoms with van der Waals surface area (Å²) in [5, 5.41) is 2.54. The maximum absolute atomic E-state index is 14.7. The van der Waals surface area contributed by atoms with Crippen LogP contribution in [0, 0.1) is 24.6 Å². The number of carbonyl (C=O) groups is 1. The quantitative estimate of drug-likeness (QED) is 0.727. The number of rotatable bonds is 3. The first kappa shape index (κ1) is 15.6. The fraction of sp³-hybridized carbons (Fsp3) is 0.211. The molecule has 2 aromatic heterocycles. The van der Waals surface area contributed by atoms with Gasteiger partial charge in [-0.05, 0) is 43.0 Å². The molecule has 1 aliphatic rings. The molecule has 0 atom stereocenters. The van der Waals surface area contributed by atoms with E-state index in [4.69, 9.17) is 0 Å². The Bertz CT molecular complexity index is 999. The number of halogens is 2. The topological polar surface area (TPSA) is 54.9 Å². The van der Waals surface area contributed by atoms with Crippen molar-refractivity contribution in [3.63, 3.8) is 0 Å². The lowest BCUT2D eigenvalue weighted by Crippen LogP contribution is -2.16. The van der Waals surface area contributed by atoms with E-state index in [1.807, 2.05) is 13.0 Å². The Hall–Kier alpha value is -2.89. The minimum Gasteiger partial charge on any atom is -0.308 e. The molecule has 0 saturated heterocycles. The summed E-state index contributed by atoms with van der Waals surface area (Å²) in [7, 11) is 0. The van der Waals surface area contributed by atoms with E-state index in [1.54, 1.807) is 24.5 Å². The first-order valence-electron chi connectivity index (χ1n) is 8.05. The maximum atomic E-state index is 14.7. The molecule has 3 aromatic rings. The van der Waals surface area contributed by atoms with Crippen LogP contribution in [0.25, 0.3) is 21.9 Å². The first-order chi connectivity index (χ1) is 12.0. The van der Waals surface area contributed by atoms with Crippen molar-refractivity contribution >= 4 is 22.5 Å². The van der Waals surface area contributed by atoms with E-state index in [0.717, 1.165) is 29.5 Å². The van der Waals surface area contributed by atoms with Crippen LogP contribution in [-0.4, -0.2) is 15.9 Å². The summed E-state index contributed by atoms with van der Waals surface area (Å²) in [6, 6.07) is 6.62. The largest absolute Gasteiger partial charge is 0.308 e. The van der Waals surface area contributed by atoms with E-state index in [1.165, 1.54) is 6.07 Å². The monoisotopic (exact) mass is 339 g/mol. The van der Waals surface area contributed by atoms with Crippen LogP contribution in [0.2, 0.25) is 0 Å². The van der Waals surface area contributed by atoms with Crippen molar-refractivity contribution < 1.29 is 13.6 Å². The summed E-state index contributed by atoms with van der Waals surface area (Å²) in [6.45, 7) is 1.92. The highest BCUT2D eigenvalue weighted by atomic mass is 19.1. The lowest BCUT2D eigenvalue weighted by Gasteiger charge is -2.10. The van der Waals surface area contributed by atoms with E-state index in [-0.39, 0.29) is 28.4 Å². The second-order valence-electron chi connectivity index (χ2n) is 6.28. The molecular weight excluding hydrogens is 324 g/mol. The Morgan fingerprint density at radius 2 is 2.00 bits per heavy atom. The lowest BCUT2D eigenvalue weighted by molar-refractivity contribution is -0.117. The van der Waals surface area contributed by atoms with Crippen molar-refractivity contribution in [2.45, 2.75) is 19.8 Å². The molecule has 4 rings (SSSR count). The van der Waals surface area contributed by atoms with E-state index in [9.17, 15) is 13.6 Å². The van der Waals surface area contributed by atoms with Gasteiger partial charge in [-0.2, -0.15) is 9.37 Å². The average Bonchev–Trinajstić information content (AvgIpc) is 3.44. The van der Waals surface area contributed by atoms with E-state index in [2.05, 4.69) is 15.3 Å². The standard InChI is InChI=1S/C19H15F2N3O/c1-10-6-7-22-9-15(10)12-4-5-13-14(8-12)17(21)23-18(16(13)20)24-19(25)11-2-3-11/h4-9,11H,2-3H2,1H3,(H,23,24,25). The van der Waals surface area contributed by atoms with Gasteiger partial charge in [0.25, 0.3) is 0 Å². The molecule has 1 aromatic carbocycles. The molecule has 126 valence electrons. The predicted octanol–water partition coefficient (Wildman–Crippen LogP) is 4.23. The smallest absolute Gasteiger partial charge is 0.228 e. The highest BCUT2D eigenvalue weighted by Gasteiger charge is 2.30. The average molecular weight is 339 g/mol. The number of nitrogens with zero attached hydrogens (tertiary/aromatic N) is 2. The normalized spacial score (nSPS) is 13.9. The summed E-state index contributed by atoms with van der Waals surface area (Å²) in [5.41, 5.74) is 2.56. The van der Waals surface area contributed by atoms with Crippen molar-refractivity contribution in [1.29, 1.82) is 0 Å². The molecule has 0 unspecified atom stereocenters. The van der Waals surface area contributed by atoms with Crippen LogP contribution in [0.3, 0.4) is 0 Å². The van der Waals surface area contributed by atoms with Crippen molar-refractivity contribution in [2.24, 2.45) is 5.92 Å².